The zero-order valence-electron chi connectivity index (χ0n) is 15.0. The van der Waals surface area contributed by atoms with E-state index >= 15 is 0 Å². The van der Waals surface area contributed by atoms with Crippen LogP contribution < -0.4 is 14.2 Å². The summed E-state index contributed by atoms with van der Waals surface area (Å²) < 4.78 is 17.9. The molecule has 7 nitrogen and oxygen atoms in total. The Labute approximate surface area is 160 Å². The van der Waals surface area contributed by atoms with Crippen molar-refractivity contribution in [1.29, 1.82) is 0 Å². The molecule has 0 N–H and O–H groups in total. The summed E-state index contributed by atoms with van der Waals surface area (Å²) in [5.41, 5.74) is 1.16. The molecule has 2 aromatic carbocycles. The molecule has 0 spiro atoms. The summed E-state index contributed by atoms with van der Waals surface area (Å²) in [4.78, 5) is 0.756. The van der Waals surface area contributed by atoms with Crippen LogP contribution in [0.4, 0.5) is 0 Å². The molecular formula is C19H18N4O3S. The molecule has 0 atom stereocenters. The summed E-state index contributed by atoms with van der Waals surface area (Å²) >= 11 is 1.52. The quantitative estimate of drug-likeness (QED) is 0.488. The molecule has 2 aromatic heterocycles. The van der Waals surface area contributed by atoms with E-state index in [1.165, 1.54) is 11.3 Å². The van der Waals surface area contributed by atoms with Crippen LogP contribution in [0.15, 0.2) is 48.5 Å². The van der Waals surface area contributed by atoms with Gasteiger partial charge in [0.1, 0.15) is 28.9 Å². The molecule has 0 saturated heterocycles. The summed E-state index contributed by atoms with van der Waals surface area (Å²) in [7, 11) is 3.29. The molecule has 0 amide bonds. The van der Waals surface area contributed by atoms with Crippen LogP contribution in [0.1, 0.15) is 16.4 Å². The second-order valence-electron chi connectivity index (χ2n) is 5.80. The van der Waals surface area contributed by atoms with Gasteiger partial charge in [-0.3, -0.25) is 0 Å². The maximum Gasteiger partial charge on any atom is 0.234 e. The van der Waals surface area contributed by atoms with Crippen molar-refractivity contribution in [2.75, 3.05) is 14.2 Å². The summed E-state index contributed by atoms with van der Waals surface area (Å²) in [6.07, 6.45) is 0.733. The lowest BCUT2D eigenvalue weighted by Gasteiger charge is -2.05. The fourth-order valence-corrected chi connectivity index (χ4v) is 3.48. The lowest BCUT2D eigenvalue weighted by Crippen LogP contribution is -2.03. The second-order valence-corrected chi connectivity index (χ2v) is 6.84. The van der Waals surface area contributed by atoms with Gasteiger partial charge >= 0.3 is 0 Å². The van der Waals surface area contributed by atoms with Crippen molar-refractivity contribution in [3.8, 4) is 17.2 Å². The Morgan fingerprint density at radius 2 is 1.48 bits per heavy atom. The number of benzene rings is 2. The predicted molar refractivity (Wildman–Crippen MR) is 102 cm³/mol. The van der Waals surface area contributed by atoms with E-state index in [4.69, 9.17) is 14.2 Å². The Morgan fingerprint density at radius 1 is 0.852 bits per heavy atom. The summed E-state index contributed by atoms with van der Waals surface area (Å²) in [5, 5.41) is 14.0. The Balaban J connectivity index is 1.46. The molecule has 0 saturated carbocycles. The standard InChI is InChI=1S/C19H18N4O3S/c1-24-14-5-3-13(4-6-14)11-18-22-23-17(20-21-19(23)27-18)12-26-16-9-7-15(25-2)8-10-16/h3-10H,11-12H2,1-2H3. The SMILES string of the molecule is COc1ccc(Cc2nn3c(COc4ccc(OC)cc4)nnc3s2)cc1. The van der Waals surface area contributed by atoms with Gasteiger partial charge in [-0.2, -0.15) is 9.61 Å². The minimum atomic E-state index is 0.291. The van der Waals surface area contributed by atoms with Crippen LogP contribution in [-0.4, -0.2) is 34.0 Å². The number of methoxy groups -OCH3 is 2. The van der Waals surface area contributed by atoms with E-state index in [2.05, 4.69) is 15.3 Å². The van der Waals surface area contributed by atoms with E-state index in [0.717, 1.165) is 39.2 Å². The Hall–Kier alpha value is -3.13. The summed E-state index contributed by atoms with van der Waals surface area (Å²) in [6.45, 7) is 0.291. The Kier molecular flexibility index (Phi) is 4.88. The van der Waals surface area contributed by atoms with Crippen molar-refractivity contribution >= 4 is 16.3 Å². The first-order valence-electron chi connectivity index (χ1n) is 8.35. The van der Waals surface area contributed by atoms with Gasteiger partial charge in [0.25, 0.3) is 0 Å². The summed E-state index contributed by atoms with van der Waals surface area (Å²) in [6, 6.07) is 15.4. The molecule has 0 aliphatic rings. The molecular weight excluding hydrogens is 364 g/mol. The van der Waals surface area contributed by atoms with Gasteiger partial charge < -0.3 is 14.2 Å². The van der Waals surface area contributed by atoms with Crippen LogP contribution in [0.2, 0.25) is 0 Å². The van der Waals surface area contributed by atoms with E-state index in [-0.39, 0.29) is 0 Å². The average molecular weight is 382 g/mol. The molecule has 138 valence electrons. The Bertz CT molecular complexity index is 1030. The zero-order chi connectivity index (χ0) is 18.6. The molecule has 0 bridgehead atoms. The largest absolute Gasteiger partial charge is 0.497 e. The van der Waals surface area contributed by atoms with Gasteiger partial charge in [0.15, 0.2) is 5.82 Å². The molecule has 27 heavy (non-hydrogen) atoms. The van der Waals surface area contributed by atoms with Crippen LogP contribution in [0.3, 0.4) is 0 Å². The topological polar surface area (TPSA) is 70.8 Å². The third-order valence-corrected chi connectivity index (χ3v) is 4.94. The van der Waals surface area contributed by atoms with Gasteiger partial charge in [0, 0.05) is 6.42 Å². The highest BCUT2D eigenvalue weighted by Crippen LogP contribution is 2.21. The molecule has 0 aliphatic carbocycles. The van der Waals surface area contributed by atoms with Crippen LogP contribution >= 0.6 is 11.3 Å². The molecule has 0 unspecified atom stereocenters. The third kappa shape index (κ3) is 3.85. The lowest BCUT2D eigenvalue weighted by molar-refractivity contribution is 0.292. The van der Waals surface area contributed by atoms with Gasteiger partial charge in [-0.15, -0.1) is 10.2 Å². The zero-order valence-corrected chi connectivity index (χ0v) is 15.8. The first kappa shape index (κ1) is 17.3. The molecule has 0 radical (unpaired) electrons. The number of nitrogens with zero attached hydrogens (tertiary/aromatic N) is 4. The van der Waals surface area contributed by atoms with E-state index in [1.807, 2.05) is 48.5 Å². The van der Waals surface area contributed by atoms with Crippen LogP contribution in [-0.2, 0) is 13.0 Å². The number of aromatic nitrogens is 4. The highest BCUT2D eigenvalue weighted by Gasteiger charge is 2.13. The van der Waals surface area contributed by atoms with E-state index < -0.39 is 0 Å². The molecule has 2 heterocycles. The predicted octanol–water partition coefficient (Wildman–Crippen LogP) is 3.37. The highest BCUT2D eigenvalue weighted by atomic mass is 32.1. The number of hydrogen-bond acceptors (Lipinski definition) is 7. The number of hydrogen-bond donors (Lipinski definition) is 0. The van der Waals surface area contributed by atoms with Crippen molar-refractivity contribution in [1.82, 2.24) is 19.8 Å². The van der Waals surface area contributed by atoms with E-state index in [9.17, 15) is 0 Å². The maximum absolute atomic E-state index is 5.78. The fraction of sp³-hybridized carbons (Fsp3) is 0.211. The first-order chi connectivity index (χ1) is 13.2. The van der Waals surface area contributed by atoms with Crippen molar-refractivity contribution in [2.24, 2.45) is 0 Å². The van der Waals surface area contributed by atoms with Crippen molar-refractivity contribution < 1.29 is 14.2 Å². The normalized spacial score (nSPS) is 10.9. The number of fused-ring (bicyclic) bond motifs is 1. The monoisotopic (exact) mass is 382 g/mol. The number of rotatable bonds is 7. The highest BCUT2D eigenvalue weighted by molar-refractivity contribution is 7.16. The minimum absolute atomic E-state index is 0.291. The minimum Gasteiger partial charge on any atom is -0.497 e. The van der Waals surface area contributed by atoms with E-state index in [0.29, 0.717) is 12.4 Å². The maximum atomic E-state index is 5.78. The molecule has 0 aliphatic heterocycles. The van der Waals surface area contributed by atoms with Crippen molar-refractivity contribution in [3.05, 3.63) is 64.9 Å². The second kappa shape index (κ2) is 7.63. The van der Waals surface area contributed by atoms with Gasteiger partial charge in [0.2, 0.25) is 4.96 Å². The van der Waals surface area contributed by atoms with Gasteiger partial charge in [-0.1, -0.05) is 23.5 Å². The van der Waals surface area contributed by atoms with Crippen molar-refractivity contribution in [2.45, 2.75) is 13.0 Å². The smallest absolute Gasteiger partial charge is 0.234 e. The summed E-state index contributed by atoms with van der Waals surface area (Å²) in [5.74, 6) is 3.03. The fourth-order valence-electron chi connectivity index (χ4n) is 2.60. The molecule has 0 fully saturated rings. The average Bonchev–Trinajstić information content (AvgIpc) is 3.28. The van der Waals surface area contributed by atoms with Crippen LogP contribution in [0, 0.1) is 0 Å². The third-order valence-electron chi connectivity index (χ3n) is 4.04. The number of ether oxygens (including phenoxy) is 3. The lowest BCUT2D eigenvalue weighted by atomic mass is 10.1. The van der Waals surface area contributed by atoms with Gasteiger partial charge in [0.05, 0.1) is 14.2 Å². The van der Waals surface area contributed by atoms with Crippen molar-refractivity contribution in [3.63, 3.8) is 0 Å². The molecule has 4 rings (SSSR count). The van der Waals surface area contributed by atoms with Crippen LogP contribution in [0.25, 0.3) is 4.96 Å². The molecule has 8 heteroatoms. The van der Waals surface area contributed by atoms with Gasteiger partial charge in [-0.25, -0.2) is 0 Å². The molecule has 4 aromatic rings. The van der Waals surface area contributed by atoms with Crippen LogP contribution in [0.5, 0.6) is 17.2 Å². The van der Waals surface area contributed by atoms with Gasteiger partial charge in [-0.05, 0) is 42.0 Å². The van der Waals surface area contributed by atoms with E-state index in [1.54, 1.807) is 18.7 Å². The first-order valence-corrected chi connectivity index (χ1v) is 9.16. The Morgan fingerprint density at radius 3 is 2.15 bits per heavy atom.